The lowest BCUT2D eigenvalue weighted by Gasteiger charge is -1.99. The number of aromatic nitrogens is 1. The van der Waals surface area contributed by atoms with E-state index in [0.29, 0.717) is 6.79 Å². The zero-order chi connectivity index (χ0) is 14.1. The molecule has 2 heterocycles. The predicted octanol–water partition coefficient (Wildman–Crippen LogP) is 4.56. The molecular weight excluding hydrogens is 298 g/mol. The minimum atomic E-state index is 0. The zero-order valence-corrected chi connectivity index (χ0v) is 12.5. The fourth-order valence-electron chi connectivity index (χ4n) is 2.37. The normalized spacial score (nSPS) is 12.5. The highest BCUT2D eigenvalue weighted by molar-refractivity contribution is 5.85. The van der Waals surface area contributed by atoms with Crippen LogP contribution in [0.25, 0.3) is 23.1 Å². The summed E-state index contributed by atoms with van der Waals surface area (Å²) in [5.41, 5.74) is 3.01. The van der Waals surface area contributed by atoms with Gasteiger partial charge in [0.25, 0.3) is 0 Å². The van der Waals surface area contributed by atoms with Crippen molar-refractivity contribution in [1.82, 2.24) is 4.98 Å². The lowest BCUT2D eigenvalue weighted by molar-refractivity contribution is 0.174. The number of hydrogen-bond acceptors (Lipinski definition) is 3. The lowest BCUT2D eigenvalue weighted by atomic mass is 10.1. The summed E-state index contributed by atoms with van der Waals surface area (Å²) in [6.07, 6.45) is 4.03. The molecule has 4 rings (SSSR count). The Bertz CT molecular complexity index is 845. The van der Waals surface area contributed by atoms with Crippen LogP contribution >= 0.6 is 12.4 Å². The van der Waals surface area contributed by atoms with Gasteiger partial charge in [0.2, 0.25) is 6.79 Å². The van der Waals surface area contributed by atoms with E-state index >= 15 is 0 Å². The Hall–Kier alpha value is -2.52. The minimum Gasteiger partial charge on any atom is -0.454 e. The predicted molar refractivity (Wildman–Crippen MR) is 90.5 cm³/mol. The van der Waals surface area contributed by atoms with Crippen molar-refractivity contribution in [1.29, 1.82) is 0 Å². The van der Waals surface area contributed by atoms with Gasteiger partial charge in [-0.15, -0.1) is 12.4 Å². The summed E-state index contributed by atoms with van der Waals surface area (Å²) < 4.78 is 10.7. The van der Waals surface area contributed by atoms with Gasteiger partial charge in [-0.1, -0.05) is 36.4 Å². The maximum absolute atomic E-state index is 5.38. The van der Waals surface area contributed by atoms with Crippen molar-refractivity contribution in [3.63, 3.8) is 0 Å². The van der Waals surface area contributed by atoms with E-state index in [-0.39, 0.29) is 12.4 Å². The number of para-hydroxylation sites is 1. The number of halogens is 1. The molecule has 0 saturated heterocycles. The van der Waals surface area contributed by atoms with Crippen LogP contribution in [0.3, 0.4) is 0 Å². The average molecular weight is 312 g/mol. The molecule has 0 atom stereocenters. The fraction of sp³-hybridized carbons (Fsp3) is 0.0556. The lowest BCUT2D eigenvalue weighted by Crippen LogP contribution is -1.92. The summed E-state index contributed by atoms with van der Waals surface area (Å²) in [5, 5.41) is 1.15. The van der Waals surface area contributed by atoms with Gasteiger partial charge in [0.1, 0.15) is 0 Å². The molecular formula is C18H14ClNO2. The Morgan fingerprint density at radius 3 is 2.68 bits per heavy atom. The van der Waals surface area contributed by atoms with E-state index in [0.717, 1.165) is 33.7 Å². The van der Waals surface area contributed by atoms with Gasteiger partial charge in [-0.2, -0.15) is 0 Å². The maximum Gasteiger partial charge on any atom is 0.231 e. The van der Waals surface area contributed by atoms with Gasteiger partial charge < -0.3 is 9.47 Å². The third-order valence-electron chi connectivity index (χ3n) is 3.46. The largest absolute Gasteiger partial charge is 0.454 e. The second-order valence-electron chi connectivity index (χ2n) is 4.87. The van der Waals surface area contributed by atoms with E-state index in [1.165, 1.54) is 0 Å². The van der Waals surface area contributed by atoms with Crippen LogP contribution in [0.5, 0.6) is 11.5 Å². The van der Waals surface area contributed by atoms with E-state index in [4.69, 9.17) is 9.47 Å². The summed E-state index contributed by atoms with van der Waals surface area (Å²) in [4.78, 5) is 4.62. The highest BCUT2D eigenvalue weighted by Gasteiger charge is 2.12. The topological polar surface area (TPSA) is 31.4 Å². The summed E-state index contributed by atoms with van der Waals surface area (Å²) in [5.74, 6) is 1.60. The Morgan fingerprint density at radius 2 is 1.73 bits per heavy atom. The van der Waals surface area contributed by atoms with E-state index in [2.05, 4.69) is 17.1 Å². The molecule has 0 aliphatic carbocycles. The zero-order valence-electron chi connectivity index (χ0n) is 11.7. The van der Waals surface area contributed by atoms with Crippen molar-refractivity contribution < 1.29 is 9.47 Å². The van der Waals surface area contributed by atoms with Crippen molar-refractivity contribution in [2.75, 3.05) is 6.79 Å². The van der Waals surface area contributed by atoms with Crippen LogP contribution in [0, 0.1) is 0 Å². The number of benzene rings is 2. The summed E-state index contributed by atoms with van der Waals surface area (Å²) in [7, 11) is 0. The summed E-state index contributed by atoms with van der Waals surface area (Å²) in [6, 6.07) is 18.1. The Balaban J connectivity index is 0.00000144. The molecule has 1 aliphatic rings. The average Bonchev–Trinajstić information content (AvgIpc) is 3.00. The molecule has 4 heteroatoms. The van der Waals surface area contributed by atoms with Crippen molar-refractivity contribution in [3.05, 3.63) is 65.9 Å². The van der Waals surface area contributed by atoms with Gasteiger partial charge in [0.15, 0.2) is 11.5 Å². The first-order valence-corrected chi connectivity index (χ1v) is 6.82. The molecule has 3 nitrogen and oxygen atoms in total. The van der Waals surface area contributed by atoms with Crippen molar-refractivity contribution in [2.24, 2.45) is 0 Å². The van der Waals surface area contributed by atoms with Crippen LogP contribution in [-0.2, 0) is 0 Å². The molecule has 0 N–H and O–H groups in total. The van der Waals surface area contributed by atoms with Gasteiger partial charge >= 0.3 is 0 Å². The van der Waals surface area contributed by atoms with Gasteiger partial charge in [0, 0.05) is 5.39 Å². The molecule has 1 aromatic heterocycles. The molecule has 0 spiro atoms. The van der Waals surface area contributed by atoms with Crippen LogP contribution in [0.2, 0.25) is 0 Å². The molecule has 0 amide bonds. The first-order valence-electron chi connectivity index (χ1n) is 6.82. The third kappa shape index (κ3) is 2.76. The summed E-state index contributed by atoms with van der Waals surface area (Å²) in [6.45, 7) is 0.300. The number of ether oxygens (including phenoxy) is 2. The van der Waals surface area contributed by atoms with Crippen LogP contribution < -0.4 is 9.47 Å². The molecule has 0 unspecified atom stereocenters. The van der Waals surface area contributed by atoms with Crippen LogP contribution in [-0.4, -0.2) is 11.8 Å². The molecule has 3 aromatic rings. The molecule has 110 valence electrons. The minimum absolute atomic E-state index is 0. The second-order valence-corrected chi connectivity index (χ2v) is 4.87. The smallest absolute Gasteiger partial charge is 0.231 e. The number of nitrogens with zero attached hydrogens (tertiary/aromatic N) is 1. The molecule has 2 aromatic carbocycles. The van der Waals surface area contributed by atoms with E-state index < -0.39 is 0 Å². The number of rotatable bonds is 2. The maximum atomic E-state index is 5.38. The molecule has 0 bridgehead atoms. The number of fused-ring (bicyclic) bond motifs is 2. The highest BCUT2D eigenvalue weighted by atomic mass is 35.5. The fourth-order valence-corrected chi connectivity index (χ4v) is 2.37. The first-order chi connectivity index (χ1) is 10.4. The molecule has 0 saturated carbocycles. The molecule has 0 fully saturated rings. The second kappa shape index (κ2) is 6.08. The van der Waals surface area contributed by atoms with Gasteiger partial charge in [-0.05, 0) is 35.9 Å². The Kier molecular flexibility index (Phi) is 3.98. The number of hydrogen-bond donors (Lipinski definition) is 0. The summed E-state index contributed by atoms with van der Waals surface area (Å²) >= 11 is 0. The van der Waals surface area contributed by atoms with Crippen molar-refractivity contribution >= 4 is 35.5 Å². The van der Waals surface area contributed by atoms with Gasteiger partial charge in [-0.25, -0.2) is 4.98 Å². The SMILES string of the molecule is C(=Cc1ccc2ccccc2n1)c1ccc2c(c1)OCO2.Cl. The van der Waals surface area contributed by atoms with Crippen LogP contribution in [0.4, 0.5) is 0 Å². The Labute approximate surface area is 134 Å². The Morgan fingerprint density at radius 1 is 0.864 bits per heavy atom. The van der Waals surface area contributed by atoms with E-state index in [9.17, 15) is 0 Å². The van der Waals surface area contributed by atoms with E-state index in [1.807, 2.05) is 54.6 Å². The van der Waals surface area contributed by atoms with Gasteiger partial charge in [-0.3, -0.25) is 0 Å². The van der Waals surface area contributed by atoms with E-state index in [1.54, 1.807) is 0 Å². The standard InChI is InChI=1S/C18H13NO2.ClH/c1-2-4-16-14(3-1)7-9-15(19-16)8-5-13-6-10-17-18(11-13)21-12-20-17;/h1-11H,12H2;1H. The monoisotopic (exact) mass is 311 g/mol. The van der Waals surface area contributed by atoms with Crippen LogP contribution in [0.1, 0.15) is 11.3 Å². The third-order valence-corrected chi connectivity index (χ3v) is 3.46. The number of pyridine rings is 1. The molecule has 1 aliphatic heterocycles. The van der Waals surface area contributed by atoms with Crippen molar-refractivity contribution in [3.8, 4) is 11.5 Å². The van der Waals surface area contributed by atoms with Crippen LogP contribution in [0.15, 0.2) is 54.6 Å². The quantitative estimate of drug-likeness (QED) is 0.695. The molecule has 0 radical (unpaired) electrons. The molecule has 22 heavy (non-hydrogen) atoms. The first kappa shape index (κ1) is 14.4. The van der Waals surface area contributed by atoms with Gasteiger partial charge in [0.05, 0.1) is 11.2 Å². The highest BCUT2D eigenvalue weighted by Crippen LogP contribution is 2.32. The van der Waals surface area contributed by atoms with Crippen molar-refractivity contribution in [2.45, 2.75) is 0 Å².